The van der Waals surface area contributed by atoms with Gasteiger partial charge in [0, 0.05) is 10.6 Å². The van der Waals surface area contributed by atoms with Crippen LogP contribution in [0.4, 0.5) is 0 Å². The predicted octanol–water partition coefficient (Wildman–Crippen LogP) is 2.52. The van der Waals surface area contributed by atoms with E-state index in [2.05, 4.69) is 0 Å². The number of likely N-dealkylation sites (tertiary alicyclic amines) is 1. The molecule has 2 aromatic carbocycles. The highest BCUT2D eigenvalue weighted by atomic mass is 35.5. The lowest BCUT2D eigenvalue weighted by atomic mass is 9.93. The predicted molar refractivity (Wildman–Crippen MR) is 114 cm³/mol. The molecule has 1 amide bonds. The third-order valence-corrected chi connectivity index (χ3v) is 5.44. The van der Waals surface area contributed by atoms with Crippen molar-refractivity contribution >= 4 is 29.1 Å². The molecule has 3 rings (SSSR count). The number of rotatable bonds is 5. The van der Waals surface area contributed by atoms with Gasteiger partial charge in [-0.1, -0.05) is 41.4 Å². The van der Waals surface area contributed by atoms with Gasteiger partial charge in [-0.25, -0.2) is 0 Å². The molecule has 0 saturated carbocycles. The lowest BCUT2D eigenvalue weighted by Gasteiger charge is -2.26. The van der Waals surface area contributed by atoms with Crippen LogP contribution < -0.4 is 4.90 Å². The fourth-order valence-corrected chi connectivity index (χ4v) is 3.81. The minimum absolute atomic E-state index is 0.111. The number of aliphatic hydroxyl groups excluding tert-OH is 1. The number of hydrogen-bond acceptors (Lipinski definition) is 3. The average Bonchev–Trinajstić information content (AvgIpc) is 2.92. The number of halogens is 1. The maximum absolute atomic E-state index is 13.0. The quantitative estimate of drug-likeness (QED) is 0.450. The van der Waals surface area contributed by atoms with E-state index in [0.29, 0.717) is 29.2 Å². The molecule has 1 saturated heterocycles. The first-order valence-corrected chi connectivity index (χ1v) is 9.99. The van der Waals surface area contributed by atoms with Crippen LogP contribution in [0, 0.1) is 13.8 Å². The normalized spacial score (nSPS) is 18.7. The Balaban J connectivity index is 2.20. The Morgan fingerprint density at radius 2 is 1.86 bits per heavy atom. The zero-order chi connectivity index (χ0) is 21.3. The highest BCUT2D eigenvalue weighted by Crippen LogP contribution is 2.40. The number of quaternary nitrogens is 1. The average molecular weight is 414 g/mol. The molecule has 0 unspecified atom stereocenters. The van der Waals surface area contributed by atoms with Crippen LogP contribution in [-0.2, 0) is 9.59 Å². The zero-order valence-corrected chi connectivity index (χ0v) is 17.9. The van der Waals surface area contributed by atoms with Crippen molar-refractivity contribution in [2.75, 3.05) is 27.2 Å². The van der Waals surface area contributed by atoms with Gasteiger partial charge in [-0.05, 0) is 43.2 Å². The maximum Gasteiger partial charge on any atom is 0.295 e. The number of aryl methyl sites for hydroxylation is 2. The number of amides is 1. The van der Waals surface area contributed by atoms with E-state index in [1.807, 2.05) is 52.2 Å². The highest BCUT2D eigenvalue weighted by molar-refractivity contribution is 6.46. The summed E-state index contributed by atoms with van der Waals surface area (Å²) in [5.41, 5.74) is 3.18. The van der Waals surface area contributed by atoms with Gasteiger partial charge in [-0.15, -0.1) is 0 Å². The van der Waals surface area contributed by atoms with Crippen molar-refractivity contribution in [2.45, 2.75) is 19.9 Å². The van der Waals surface area contributed by atoms with E-state index in [4.69, 9.17) is 11.6 Å². The van der Waals surface area contributed by atoms with Crippen molar-refractivity contribution in [3.8, 4) is 0 Å². The van der Waals surface area contributed by atoms with Crippen molar-refractivity contribution < 1.29 is 19.6 Å². The third kappa shape index (κ3) is 4.21. The molecule has 1 aliphatic rings. The van der Waals surface area contributed by atoms with E-state index in [0.717, 1.165) is 16.0 Å². The molecule has 1 heterocycles. The first kappa shape index (κ1) is 21.1. The van der Waals surface area contributed by atoms with Crippen molar-refractivity contribution in [2.24, 2.45) is 0 Å². The van der Waals surface area contributed by atoms with E-state index in [1.54, 1.807) is 18.2 Å². The molecule has 29 heavy (non-hydrogen) atoms. The number of ketones is 1. The number of benzene rings is 2. The fourth-order valence-electron chi connectivity index (χ4n) is 3.61. The minimum atomic E-state index is -0.673. The molecule has 0 aromatic heterocycles. The van der Waals surface area contributed by atoms with E-state index in [1.165, 1.54) is 4.90 Å². The Hall–Kier alpha value is -2.63. The second-order valence-electron chi connectivity index (χ2n) is 7.82. The molecular formula is C23H26ClN2O3+. The van der Waals surface area contributed by atoms with Crippen LogP contribution >= 0.6 is 11.6 Å². The van der Waals surface area contributed by atoms with E-state index >= 15 is 0 Å². The Labute approximate surface area is 176 Å². The number of nitrogens with zero attached hydrogens (tertiary/aromatic N) is 1. The number of hydrogen-bond donors (Lipinski definition) is 2. The molecule has 1 fully saturated rings. The van der Waals surface area contributed by atoms with Gasteiger partial charge in [-0.3, -0.25) is 9.59 Å². The van der Waals surface area contributed by atoms with Crippen LogP contribution in [0.5, 0.6) is 0 Å². The summed E-state index contributed by atoms with van der Waals surface area (Å²) >= 11 is 6.19. The number of likely N-dealkylation sites (N-methyl/N-ethyl adjacent to an activating group) is 1. The van der Waals surface area contributed by atoms with Gasteiger partial charge in [0.25, 0.3) is 11.7 Å². The summed E-state index contributed by atoms with van der Waals surface area (Å²) in [6.45, 7) is 4.86. The molecule has 152 valence electrons. The molecule has 1 atom stereocenters. The van der Waals surface area contributed by atoms with Crippen LogP contribution in [0.25, 0.3) is 5.76 Å². The monoisotopic (exact) mass is 413 g/mol. The summed E-state index contributed by atoms with van der Waals surface area (Å²) < 4.78 is 0. The minimum Gasteiger partial charge on any atom is -0.507 e. The number of carbonyl (C=O) groups is 2. The molecular weight excluding hydrogens is 388 g/mol. The molecule has 6 heteroatoms. The largest absolute Gasteiger partial charge is 0.507 e. The fraction of sp³-hybridized carbons (Fsp3) is 0.304. The molecule has 2 N–H and O–H groups in total. The number of carbonyl (C=O) groups excluding carboxylic acids is 2. The van der Waals surface area contributed by atoms with Crippen LogP contribution in [0.3, 0.4) is 0 Å². The van der Waals surface area contributed by atoms with Gasteiger partial charge < -0.3 is 14.9 Å². The van der Waals surface area contributed by atoms with Crippen LogP contribution in [-0.4, -0.2) is 48.9 Å². The Morgan fingerprint density at radius 3 is 2.52 bits per heavy atom. The second-order valence-corrected chi connectivity index (χ2v) is 8.26. The third-order valence-electron chi connectivity index (χ3n) is 5.21. The maximum atomic E-state index is 13.0. The summed E-state index contributed by atoms with van der Waals surface area (Å²) in [7, 11) is 3.97. The second kappa shape index (κ2) is 8.39. The van der Waals surface area contributed by atoms with E-state index in [-0.39, 0.29) is 11.3 Å². The van der Waals surface area contributed by atoms with Crippen LogP contribution in [0.1, 0.15) is 28.3 Å². The Morgan fingerprint density at radius 1 is 1.14 bits per heavy atom. The number of nitrogens with one attached hydrogen (secondary N) is 1. The first-order valence-electron chi connectivity index (χ1n) is 9.61. The van der Waals surface area contributed by atoms with E-state index in [9.17, 15) is 14.7 Å². The topological polar surface area (TPSA) is 62.0 Å². The standard InChI is InChI=1S/C23H25ClN2O3/c1-14-8-9-15(2)18(12-14)21(27)19-20(16-6-5-7-17(24)13-16)26(11-10-25(3)4)23(29)22(19)28/h5-9,12-13,20,27H,10-11H2,1-4H3/p+1/t20-/m1/s1. The van der Waals surface area contributed by atoms with Gasteiger partial charge in [-0.2, -0.15) is 0 Å². The zero-order valence-electron chi connectivity index (χ0n) is 17.1. The van der Waals surface area contributed by atoms with Crippen molar-refractivity contribution in [1.29, 1.82) is 0 Å². The lowest BCUT2D eigenvalue weighted by Crippen LogP contribution is -3.06. The number of Topliss-reactive ketones (excluding diaryl/α,β-unsaturated/α-hetero) is 1. The molecule has 0 radical (unpaired) electrons. The van der Waals surface area contributed by atoms with Gasteiger partial charge in [0.05, 0.1) is 38.8 Å². The first-order chi connectivity index (χ1) is 13.7. The molecule has 0 aliphatic carbocycles. The molecule has 2 aromatic rings. The molecule has 0 spiro atoms. The highest BCUT2D eigenvalue weighted by Gasteiger charge is 2.46. The Kier molecular flexibility index (Phi) is 6.10. The van der Waals surface area contributed by atoms with Crippen LogP contribution in [0.2, 0.25) is 5.02 Å². The van der Waals surface area contributed by atoms with Crippen molar-refractivity contribution in [1.82, 2.24) is 4.90 Å². The SMILES string of the molecule is Cc1ccc(C)c(C(O)=C2C(=O)C(=O)N(CC[NH+](C)C)[C@@H]2c2cccc(Cl)c2)c1. The van der Waals surface area contributed by atoms with Gasteiger partial charge in [0.2, 0.25) is 0 Å². The van der Waals surface area contributed by atoms with Gasteiger partial charge >= 0.3 is 0 Å². The lowest BCUT2D eigenvalue weighted by molar-refractivity contribution is -0.857. The molecule has 1 aliphatic heterocycles. The summed E-state index contributed by atoms with van der Waals surface area (Å²) in [4.78, 5) is 28.6. The smallest absolute Gasteiger partial charge is 0.295 e. The molecule has 5 nitrogen and oxygen atoms in total. The summed E-state index contributed by atoms with van der Waals surface area (Å²) in [5.74, 6) is -1.40. The number of aliphatic hydroxyl groups is 1. The Bertz CT molecular complexity index is 997. The van der Waals surface area contributed by atoms with E-state index < -0.39 is 17.7 Å². The van der Waals surface area contributed by atoms with Gasteiger partial charge in [0.15, 0.2) is 0 Å². The summed E-state index contributed by atoms with van der Waals surface area (Å²) in [5, 5.41) is 11.7. The summed E-state index contributed by atoms with van der Waals surface area (Å²) in [6, 6.07) is 12.1. The molecule has 0 bridgehead atoms. The van der Waals surface area contributed by atoms with Crippen molar-refractivity contribution in [3.05, 3.63) is 75.3 Å². The van der Waals surface area contributed by atoms with Gasteiger partial charge in [0.1, 0.15) is 5.76 Å². The van der Waals surface area contributed by atoms with Crippen LogP contribution in [0.15, 0.2) is 48.0 Å². The van der Waals surface area contributed by atoms with Crippen molar-refractivity contribution in [3.63, 3.8) is 0 Å². The summed E-state index contributed by atoms with van der Waals surface area (Å²) in [6.07, 6.45) is 0.